The molecular weight excluding hydrogens is 482 g/mol. The number of hydrogen-bond donors (Lipinski definition) is 1. The number of aliphatic hydroxyl groups excluding tert-OH is 1. The third-order valence-corrected chi connectivity index (χ3v) is 8.16. The van der Waals surface area contributed by atoms with E-state index in [0.717, 1.165) is 45.3 Å². The Morgan fingerprint density at radius 1 is 0.538 bits per heavy atom. The number of rotatable bonds is 32. The van der Waals surface area contributed by atoms with Gasteiger partial charge >= 0.3 is 5.97 Å². The van der Waals surface area contributed by atoms with Crippen molar-refractivity contribution >= 4 is 5.97 Å². The van der Waals surface area contributed by atoms with E-state index in [-0.39, 0.29) is 18.7 Å². The fourth-order valence-corrected chi connectivity index (χ4v) is 5.54. The van der Waals surface area contributed by atoms with Gasteiger partial charge < -0.3 is 14.7 Å². The van der Waals surface area contributed by atoms with Crippen molar-refractivity contribution in [3.05, 3.63) is 0 Å². The molecule has 0 saturated carbocycles. The van der Waals surface area contributed by atoms with Crippen LogP contribution in [0, 0.1) is 0 Å². The minimum Gasteiger partial charge on any atom is -0.462 e. The molecule has 234 valence electrons. The lowest BCUT2D eigenvalue weighted by atomic mass is 10.0. The van der Waals surface area contributed by atoms with Crippen molar-refractivity contribution in [2.24, 2.45) is 0 Å². The van der Waals surface area contributed by atoms with Crippen molar-refractivity contribution in [3.63, 3.8) is 0 Å². The van der Waals surface area contributed by atoms with Crippen LogP contribution in [0.1, 0.15) is 188 Å². The van der Waals surface area contributed by atoms with Crippen LogP contribution >= 0.6 is 0 Å². The summed E-state index contributed by atoms with van der Waals surface area (Å²) in [6.07, 6.45) is 32.0. The highest BCUT2D eigenvalue weighted by Crippen LogP contribution is 2.18. The maximum atomic E-state index is 12.6. The van der Waals surface area contributed by atoms with Gasteiger partial charge in [0, 0.05) is 13.0 Å². The molecule has 0 saturated heterocycles. The molecule has 0 unspecified atom stereocenters. The first-order valence-electron chi connectivity index (χ1n) is 17.7. The molecule has 0 aliphatic rings. The van der Waals surface area contributed by atoms with Crippen LogP contribution in [0.15, 0.2) is 0 Å². The second kappa shape index (κ2) is 31.9. The van der Waals surface area contributed by atoms with Gasteiger partial charge in [-0.1, -0.05) is 136 Å². The van der Waals surface area contributed by atoms with Crippen molar-refractivity contribution in [1.82, 2.24) is 4.90 Å². The summed E-state index contributed by atoms with van der Waals surface area (Å²) in [7, 11) is 0. The molecule has 4 nitrogen and oxygen atoms in total. The van der Waals surface area contributed by atoms with Crippen molar-refractivity contribution in [2.75, 3.05) is 26.2 Å². The highest BCUT2D eigenvalue weighted by Gasteiger charge is 2.14. The Morgan fingerprint density at radius 3 is 1.36 bits per heavy atom. The highest BCUT2D eigenvalue weighted by molar-refractivity contribution is 5.69. The number of carbonyl (C=O) groups excluding carboxylic acids is 1. The summed E-state index contributed by atoms with van der Waals surface area (Å²) in [5.41, 5.74) is 0. The zero-order valence-electron chi connectivity index (χ0n) is 27.0. The third-order valence-electron chi connectivity index (χ3n) is 8.16. The van der Waals surface area contributed by atoms with Gasteiger partial charge in [0.1, 0.15) is 6.10 Å². The molecule has 1 N–H and O–H groups in total. The first-order chi connectivity index (χ1) is 19.2. The minimum absolute atomic E-state index is 0.0324. The average molecular weight is 554 g/mol. The normalized spacial score (nSPS) is 11.6. The topological polar surface area (TPSA) is 49.8 Å². The average Bonchev–Trinajstić information content (AvgIpc) is 2.93. The van der Waals surface area contributed by atoms with E-state index in [1.165, 1.54) is 135 Å². The number of nitrogens with zero attached hydrogens (tertiary/aromatic N) is 1. The summed E-state index contributed by atoms with van der Waals surface area (Å²) in [6, 6.07) is 0. The fraction of sp³-hybridized carbons (Fsp3) is 0.971. The molecule has 0 radical (unpaired) electrons. The van der Waals surface area contributed by atoms with Crippen LogP contribution in [-0.2, 0) is 9.53 Å². The Hall–Kier alpha value is -0.610. The molecule has 4 heteroatoms. The number of carbonyl (C=O) groups is 1. The summed E-state index contributed by atoms with van der Waals surface area (Å²) >= 11 is 0. The van der Waals surface area contributed by atoms with Gasteiger partial charge in [-0.3, -0.25) is 4.79 Å². The summed E-state index contributed by atoms with van der Waals surface area (Å²) < 4.78 is 5.99. The lowest BCUT2D eigenvalue weighted by Crippen LogP contribution is -2.29. The van der Waals surface area contributed by atoms with E-state index in [1.54, 1.807) is 0 Å². The number of ether oxygens (including phenoxy) is 1. The van der Waals surface area contributed by atoms with Gasteiger partial charge in [-0.15, -0.1) is 0 Å². The standard InChI is InChI=1S/C35H71NO3/c1-4-7-10-13-17-22-27-34(28-23-18-14-11-8-5-2)39-35(38)29-24-19-16-21-26-31-36(32-33-37)30-25-20-15-12-9-6-3/h34,37H,4-33H2,1-3H3. The van der Waals surface area contributed by atoms with Gasteiger partial charge in [-0.2, -0.15) is 0 Å². The zero-order valence-corrected chi connectivity index (χ0v) is 27.0. The van der Waals surface area contributed by atoms with Gasteiger partial charge in [-0.05, 0) is 58.0 Å². The molecule has 0 aromatic carbocycles. The Labute approximate surface area is 245 Å². The van der Waals surface area contributed by atoms with Crippen molar-refractivity contribution in [1.29, 1.82) is 0 Å². The highest BCUT2D eigenvalue weighted by atomic mass is 16.5. The SMILES string of the molecule is CCCCCCCCC(CCCCCCCC)OC(=O)CCCCCCCN(CCO)CCCCCCCC. The number of esters is 1. The van der Waals surface area contributed by atoms with Crippen LogP contribution in [-0.4, -0.2) is 48.3 Å². The molecule has 0 aliphatic carbocycles. The van der Waals surface area contributed by atoms with E-state index >= 15 is 0 Å². The van der Waals surface area contributed by atoms with Crippen LogP contribution in [0.2, 0.25) is 0 Å². The van der Waals surface area contributed by atoms with Crippen LogP contribution < -0.4 is 0 Å². The summed E-state index contributed by atoms with van der Waals surface area (Å²) in [6.45, 7) is 10.1. The molecule has 0 amide bonds. The minimum atomic E-state index is 0.0324. The molecule has 0 aromatic heterocycles. The Kier molecular flexibility index (Phi) is 31.4. The van der Waals surface area contributed by atoms with Crippen molar-refractivity contribution in [3.8, 4) is 0 Å². The van der Waals surface area contributed by atoms with Crippen molar-refractivity contribution < 1.29 is 14.6 Å². The second-order valence-electron chi connectivity index (χ2n) is 12.1. The Morgan fingerprint density at radius 2 is 0.923 bits per heavy atom. The fourth-order valence-electron chi connectivity index (χ4n) is 5.54. The first kappa shape index (κ1) is 38.4. The molecule has 0 rings (SSSR count). The quantitative estimate of drug-likeness (QED) is 0.0665. The summed E-state index contributed by atoms with van der Waals surface area (Å²) in [4.78, 5) is 15.0. The van der Waals surface area contributed by atoms with Gasteiger partial charge in [0.05, 0.1) is 6.61 Å². The first-order valence-corrected chi connectivity index (χ1v) is 17.7. The molecule has 0 fully saturated rings. The third kappa shape index (κ3) is 28.7. The van der Waals surface area contributed by atoms with Gasteiger partial charge in [0.25, 0.3) is 0 Å². The summed E-state index contributed by atoms with van der Waals surface area (Å²) in [5.74, 6) is 0.0324. The molecule has 0 heterocycles. The Balaban J connectivity index is 4.04. The van der Waals surface area contributed by atoms with E-state index in [1.807, 2.05) is 0 Å². The molecule has 0 bridgehead atoms. The lowest BCUT2D eigenvalue weighted by Gasteiger charge is -2.21. The smallest absolute Gasteiger partial charge is 0.306 e. The zero-order chi connectivity index (χ0) is 28.7. The van der Waals surface area contributed by atoms with Crippen LogP contribution in [0.5, 0.6) is 0 Å². The van der Waals surface area contributed by atoms with E-state index in [2.05, 4.69) is 25.7 Å². The molecule has 0 aliphatic heterocycles. The maximum Gasteiger partial charge on any atom is 0.306 e. The van der Waals surface area contributed by atoms with E-state index in [4.69, 9.17) is 4.74 Å². The van der Waals surface area contributed by atoms with Crippen LogP contribution in [0.3, 0.4) is 0 Å². The number of unbranched alkanes of at least 4 members (excludes halogenated alkanes) is 19. The number of aliphatic hydroxyl groups is 1. The molecule has 0 atom stereocenters. The molecular formula is C35H71NO3. The monoisotopic (exact) mass is 554 g/mol. The molecule has 0 spiro atoms. The molecule has 0 aromatic rings. The number of hydrogen-bond acceptors (Lipinski definition) is 4. The largest absolute Gasteiger partial charge is 0.462 e. The van der Waals surface area contributed by atoms with E-state index in [9.17, 15) is 9.90 Å². The Bertz CT molecular complexity index is 469. The summed E-state index contributed by atoms with van der Waals surface area (Å²) in [5, 5.41) is 9.39. The second-order valence-corrected chi connectivity index (χ2v) is 12.1. The van der Waals surface area contributed by atoms with Crippen LogP contribution in [0.4, 0.5) is 0 Å². The van der Waals surface area contributed by atoms with Gasteiger partial charge in [0.2, 0.25) is 0 Å². The van der Waals surface area contributed by atoms with Crippen LogP contribution in [0.25, 0.3) is 0 Å². The lowest BCUT2D eigenvalue weighted by molar-refractivity contribution is -0.150. The molecule has 39 heavy (non-hydrogen) atoms. The van der Waals surface area contributed by atoms with Crippen molar-refractivity contribution in [2.45, 2.75) is 194 Å². The van der Waals surface area contributed by atoms with Gasteiger partial charge in [-0.25, -0.2) is 0 Å². The van der Waals surface area contributed by atoms with E-state index in [0.29, 0.717) is 6.42 Å². The predicted octanol–water partition coefficient (Wildman–Crippen LogP) is 10.4. The maximum absolute atomic E-state index is 12.6. The van der Waals surface area contributed by atoms with E-state index < -0.39 is 0 Å². The predicted molar refractivity (Wildman–Crippen MR) is 170 cm³/mol. The van der Waals surface area contributed by atoms with Gasteiger partial charge in [0.15, 0.2) is 0 Å².